The van der Waals surface area contributed by atoms with E-state index in [2.05, 4.69) is 22.5 Å². The molecule has 0 bridgehead atoms. The van der Waals surface area contributed by atoms with Crippen molar-refractivity contribution in [2.24, 2.45) is 18.9 Å². The maximum absolute atomic E-state index is 14.1. The van der Waals surface area contributed by atoms with Crippen LogP contribution in [-0.2, 0) is 29.6 Å². The van der Waals surface area contributed by atoms with Crippen molar-refractivity contribution < 1.29 is 14.4 Å². The first-order valence-corrected chi connectivity index (χ1v) is 13.9. The van der Waals surface area contributed by atoms with Gasteiger partial charge in [0.05, 0.1) is 11.4 Å². The van der Waals surface area contributed by atoms with Gasteiger partial charge >= 0.3 is 0 Å². The highest BCUT2D eigenvalue weighted by Crippen LogP contribution is 2.38. The lowest BCUT2D eigenvalue weighted by Crippen LogP contribution is -2.48. The number of para-hydroxylation sites is 1. The third kappa shape index (κ3) is 4.46. The second kappa shape index (κ2) is 10.2. The van der Waals surface area contributed by atoms with E-state index in [0.717, 1.165) is 36.6 Å². The molecule has 3 aliphatic rings. The summed E-state index contributed by atoms with van der Waals surface area (Å²) in [5.74, 6) is -0.772. The number of nitrogens with one attached hydrogen (secondary N) is 1. The highest BCUT2D eigenvalue weighted by Gasteiger charge is 2.47. The molecule has 8 heteroatoms. The van der Waals surface area contributed by atoms with E-state index in [1.165, 1.54) is 11.1 Å². The molecule has 1 saturated heterocycles. The predicted molar refractivity (Wildman–Crippen MR) is 144 cm³/mol. The largest absolute Gasteiger partial charge is 0.356 e. The van der Waals surface area contributed by atoms with E-state index in [1.807, 2.05) is 53.2 Å². The van der Waals surface area contributed by atoms with Crippen molar-refractivity contribution in [3.63, 3.8) is 0 Å². The molecule has 6 rings (SSSR count). The lowest BCUT2D eigenvalue weighted by atomic mass is 9.97. The normalized spacial score (nSPS) is 24.0. The Labute approximate surface area is 223 Å². The third-order valence-electron chi connectivity index (χ3n) is 8.65. The zero-order valence-electron chi connectivity index (χ0n) is 21.9. The van der Waals surface area contributed by atoms with Gasteiger partial charge < -0.3 is 15.1 Å². The number of amides is 3. The molecule has 3 aromatic rings. The van der Waals surface area contributed by atoms with Crippen molar-refractivity contribution in [3.05, 3.63) is 65.4 Å². The molecule has 1 aromatic heterocycles. The van der Waals surface area contributed by atoms with Crippen LogP contribution >= 0.6 is 0 Å². The quantitative estimate of drug-likeness (QED) is 0.570. The molecule has 1 N–H and O–H groups in total. The lowest BCUT2D eigenvalue weighted by molar-refractivity contribution is -0.136. The van der Waals surface area contributed by atoms with E-state index >= 15 is 0 Å². The molecule has 3 amide bonds. The van der Waals surface area contributed by atoms with Crippen LogP contribution in [0.4, 0.5) is 0 Å². The van der Waals surface area contributed by atoms with E-state index < -0.39 is 5.92 Å². The van der Waals surface area contributed by atoms with Gasteiger partial charge in [-0.15, -0.1) is 0 Å². The highest BCUT2D eigenvalue weighted by molar-refractivity contribution is 6.05. The van der Waals surface area contributed by atoms with Gasteiger partial charge in [0.15, 0.2) is 5.69 Å². The summed E-state index contributed by atoms with van der Waals surface area (Å²) in [4.78, 5) is 45.0. The van der Waals surface area contributed by atoms with Crippen LogP contribution in [0.1, 0.15) is 53.7 Å². The maximum Gasteiger partial charge on any atom is 0.275 e. The van der Waals surface area contributed by atoms with Crippen LogP contribution in [0.25, 0.3) is 10.9 Å². The highest BCUT2D eigenvalue weighted by atomic mass is 16.2. The van der Waals surface area contributed by atoms with Crippen molar-refractivity contribution in [2.45, 2.75) is 51.1 Å². The minimum absolute atomic E-state index is 0.0418. The summed E-state index contributed by atoms with van der Waals surface area (Å²) in [5.41, 5.74) is 3.81. The number of carbonyl (C=O) groups is 3. The van der Waals surface area contributed by atoms with E-state index in [1.54, 1.807) is 4.68 Å². The SMILES string of the molecule is Cn1nc(C(=O)N2CCCCCNC(=O)C3CC(C(=O)N4CCc5ccccc5C4)CC32)c2ccccc21. The molecule has 8 nitrogen and oxygen atoms in total. The number of hydrogen-bond acceptors (Lipinski definition) is 4. The van der Waals surface area contributed by atoms with E-state index in [9.17, 15) is 14.4 Å². The van der Waals surface area contributed by atoms with Crippen LogP contribution in [0.3, 0.4) is 0 Å². The van der Waals surface area contributed by atoms with Gasteiger partial charge in [-0.2, -0.15) is 5.10 Å². The molecule has 2 fully saturated rings. The predicted octanol–water partition coefficient (Wildman–Crippen LogP) is 3.30. The Hall–Kier alpha value is -3.68. The van der Waals surface area contributed by atoms with Crippen LogP contribution in [0.15, 0.2) is 48.5 Å². The number of rotatable bonds is 2. The van der Waals surface area contributed by atoms with Gasteiger partial charge in [-0.05, 0) is 55.7 Å². The molecular formula is C30H35N5O3. The summed E-state index contributed by atoms with van der Waals surface area (Å²) in [5, 5.41) is 8.50. The van der Waals surface area contributed by atoms with Crippen molar-refractivity contribution in [3.8, 4) is 0 Å². The number of aromatic nitrogens is 2. The first kappa shape index (κ1) is 24.6. The number of hydrogen-bond donors (Lipinski definition) is 1. The van der Waals surface area contributed by atoms with Crippen LogP contribution in [-0.4, -0.2) is 63.0 Å². The zero-order valence-corrected chi connectivity index (χ0v) is 21.9. The summed E-state index contributed by atoms with van der Waals surface area (Å²) in [6.45, 7) is 2.50. The minimum Gasteiger partial charge on any atom is -0.356 e. The van der Waals surface area contributed by atoms with Crippen molar-refractivity contribution in [2.75, 3.05) is 19.6 Å². The fraction of sp³-hybridized carbons (Fsp3) is 0.467. The van der Waals surface area contributed by atoms with Crippen LogP contribution < -0.4 is 5.32 Å². The van der Waals surface area contributed by atoms with Crippen LogP contribution in [0.2, 0.25) is 0 Å². The van der Waals surface area contributed by atoms with Crippen molar-refractivity contribution in [1.82, 2.24) is 24.9 Å². The molecule has 1 aliphatic carbocycles. The second-order valence-corrected chi connectivity index (χ2v) is 11.0. The first-order valence-electron chi connectivity index (χ1n) is 13.9. The zero-order chi connectivity index (χ0) is 26.2. The Kier molecular flexibility index (Phi) is 6.64. The minimum atomic E-state index is -0.405. The monoisotopic (exact) mass is 513 g/mol. The van der Waals surface area contributed by atoms with Crippen LogP contribution in [0.5, 0.6) is 0 Å². The van der Waals surface area contributed by atoms with Gasteiger partial charge in [0.1, 0.15) is 0 Å². The van der Waals surface area contributed by atoms with Crippen LogP contribution in [0, 0.1) is 11.8 Å². The summed E-state index contributed by atoms with van der Waals surface area (Å²) in [7, 11) is 1.85. The third-order valence-corrected chi connectivity index (χ3v) is 8.65. The Balaban J connectivity index is 1.29. The average Bonchev–Trinajstić information content (AvgIpc) is 3.53. The number of benzene rings is 2. The maximum atomic E-state index is 14.1. The molecule has 2 aromatic carbocycles. The fourth-order valence-electron chi connectivity index (χ4n) is 6.64. The molecule has 0 radical (unpaired) electrons. The first-order chi connectivity index (χ1) is 18.5. The molecule has 0 spiro atoms. The van der Waals surface area contributed by atoms with Gasteiger partial charge in [0, 0.05) is 50.6 Å². The average molecular weight is 514 g/mol. The van der Waals surface area contributed by atoms with E-state index in [-0.39, 0.29) is 29.7 Å². The lowest BCUT2D eigenvalue weighted by Gasteiger charge is -2.33. The Morgan fingerprint density at radius 1 is 0.947 bits per heavy atom. The number of fused-ring (bicyclic) bond motifs is 3. The molecule has 2 aliphatic heterocycles. The molecule has 3 unspecified atom stereocenters. The molecule has 198 valence electrons. The van der Waals surface area contributed by atoms with Gasteiger partial charge in [-0.3, -0.25) is 19.1 Å². The summed E-state index contributed by atoms with van der Waals surface area (Å²) < 4.78 is 1.74. The fourth-order valence-corrected chi connectivity index (χ4v) is 6.64. The summed E-state index contributed by atoms with van der Waals surface area (Å²) in [6, 6.07) is 15.7. The second-order valence-electron chi connectivity index (χ2n) is 11.0. The molecular weight excluding hydrogens is 478 g/mol. The molecule has 38 heavy (non-hydrogen) atoms. The van der Waals surface area contributed by atoms with Gasteiger partial charge in [-0.25, -0.2) is 0 Å². The summed E-state index contributed by atoms with van der Waals surface area (Å²) in [6.07, 6.45) is 4.50. The topological polar surface area (TPSA) is 87.5 Å². The van der Waals surface area contributed by atoms with E-state index in [0.29, 0.717) is 44.7 Å². The number of nitrogens with zero attached hydrogens (tertiary/aromatic N) is 4. The Morgan fingerprint density at radius 2 is 1.74 bits per heavy atom. The smallest absolute Gasteiger partial charge is 0.275 e. The van der Waals surface area contributed by atoms with Gasteiger partial charge in [0.25, 0.3) is 5.91 Å². The number of carbonyl (C=O) groups excluding carboxylic acids is 3. The van der Waals surface area contributed by atoms with Gasteiger partial charge in [0.2, 0.25) is 11.8 Å². The number of aryl methyl sites for hydroxylation is 1. The van der Waals surface area contributed by atoms with Gasteiger partial charge in [-0.1, -0.05) is 42.5 Å². The molecule has 1 saturated carbocycles. The summed E-state index contributed by atoms with van der Waals surface area (Å²) >= 11 is 0. The standard InChI is InChI=1S/C30H35N5O3/c1-33-25-12-6-5-11-23(25)27(32-33)30(38)35-15-8-2-7-14-31-28(36)24-17-22(18-26(24)35)29(37)34-16-13-20-9-3-4-10-21(20)19-34/h3-6,9-12,22,24,26H,2,7-8,13-19H2,1H3,(H,31,36). The Morgan fingerprint density at radius 3 is 2.61 bits per heavy atom. The van der Waals surface area contributed by atoms with Crippen molar-refractivity contribution >= 4 is 28.6 Å². The molecule has 3 atom stereocenters. The van der Waals surface area contributed by atoms with Crippen molar-refractivity contribution in [1.29, 1.82) is 0 Å². The van der Waals surface area contributed by atoms with E-state index in [4.69, 9.17) is 0 Å². The Bertz CT molecular complexity index is 1380. The molecule has 3 heterocycles.